The molecule has 0 spiro atoms. The van der Waals surface area contributed by atoms with Gasteiger partial charge in [-0.25, -0.2) is 0 Å². The van der Waals surface area contributed by atoms with Crippen LogP contribution in [0.2, 0.25) is 0 Å². The zero-order valence-corrected chi connectivity index (χ0v) is 7.93. The average Bonchev–Trinajstić information content (AvgIpc) is 2.50. The van der Waals surface area contributed by atoms with Crippen molar-refractivity contribution in [2.45, 2.75) is 13.0 Å². The van der Waals surface area contributed by atoms with E-state index in [0.29, 0.717) is 5.33 Å². The van der Waals surface area contributed by atoms with Gasteiger partial charge in [-0.15, -0.1) is 4.68 Å². The molecule has 1 heterocycles. The fourth-order valence-electron chi connectivity index (χ4n) is 0.751. The van der Waals surface area contributed by atoms with Gasteiger partial charge in [-0.2, -0.15) is 0 Å². The van der Waals surface area contributed by atoms with Crippen molar-refractivity contribution in [3.8, 4) is 0 Å². The van der Waals surface area contributed by atoms with Crippen LogP contribution >= 0.6 is 15.9 Å². The summed E-state index contributed by atoms with van der Waals surface area (Å²) in [6.45, 7) is 1.82. The summed E-state index contributed by atoms with van der Waals surface area (Å²) in [7, 11) is 0. The van der Waals surface area contributed by atoms with Crippen molar-refractivity contribution in [2.24, 2.45) is 0 Å². The van der Waals surface area contributed by atoms with Crippen LogP contribution in [-0.4, -0.2) is 25.0 Å². The van der Waals surface area contributed by atoms with Crippen molar-refractivity contribution < 1.29 is 4.92 Å². The second-order valence-corrected chi connectivity index (χ2v) is 2.91. The van der Waals surface area contributed by atoms with Gasteiger partial charge in [0.05, 0.1) is 0 Å². The highest BCUT2D eigenvalue weighted by Gasteiger charge is 2.20. The molecular weight excluding hydrogens is 228 g/mol. The van der Waals surface area contributed by atoms with Gasteiger partial charge in [0.2, 0.25) is 6.33 Å². The summed E-state index contributed by atoms with van der Waals surface area (Å²) in [5.74, 6) is -0.220. The number of hydrogen-bond donors (Lipinski definition) is 0. The number of nitro groups is 1. The van der Waals surface area contributed by atoms with E-state index in [0.717, 1.165) is 0 Å². The van der Waals surface area contributed by atoms with Crippen molar-refractivity contribution in [1.29, 1.82) is 0 Å². The molecule has 0 aliphatic heterocycles. The average molecular weight is 235 g/mol. The first-order valence-electron chi connectivity index (χ1n) is 3.26. The molecule has 7 heteroatoms. The Morgan fingerprint density at radius 2 is 2.58 bits per heavy atom. The summed E-state index contributed by atoms with van der Waals surface area (Å²) < 4.78 is 1.27. The summed E-state index contributed by atoms with van der Waals surface area (Å²) in [5.41, 5.74) is 0. The summed E-state index contributed by atoms with van der Waals surface area (Å²) in [4.78, 5) is 13.3. The fourth-order valence-corrected chi connectivity index (χ4v) is 1.03. The summed E-state index contributed by atoms with van der Waals surface area (Å²) in [5, 5.41) is 14.7. The predicted molar refractivity (Wildman–Crippen MR) is 45.2 cm³/mol. The van der Waals surface area contributed by atoms with Crippen LogP contribution < -0.4 is 0 Å². The Morgan fingerprint density at radius 1 is 1.92 bits per heavy atom. The molecule has 0 N–H and O–H groups in total. The number of hydrogen-bond acceptors (Lipinski definition) is 4. The van der Waals surface area contributed by atoms with Crippen LogP contribution in [0, 0.1) is 10.1 Å². The molecule has 0 aliphatic carbocycles. The van der Waals surface area contributed by atoms with Crippen LogP contribution in [0.25, 0.3) is 0 Å². The van der Waals surface area contributed by atoms with Gasteiger partial charge in [-0.3, -0.25) is 0 Å². The molecule has 0 radical (unpaired) electrons. The SMILES string of the molecule is CC(CBr)n1ncnc1[N+](=O)[O-]. The van der Waals surface area contributed by atoms with E-state index in [9.17, 15) is 10.1 Å². The van der Waals surface area contributed by atoms with Gasteiger partial charge in [0, 0.05) is 5.33 Å². The molecule has 0 saturated carbocycles. The Morgan fingerprint density at radius 3 is 3.08 bits per heavy atom. The van der Waals surface area contributed by atoms with Gasteiger partial charge in [-0.1, -0.05) is 26.0 Å². The maximum Gasteiger partial charge on any atom is 0.455 e. The molecule has 0 aromatic carbocycles. The molecule has 1 aromatic heterocycles. The third-order valence-electron chi connectivity index (χ3n) is 1.36. The molecule has 0 amide bonds. The van der Waals surface area contributed by atoms with Crippen LogP contribution in [0.1, 0.15) is 13.0 Å². The molecule has 1 aromatic rings. The summed E-state index contributed by atoms with van der Waals surface area (Å²) in [6.07, 6.45) is 1.18. The third-order valence-corrected chi connectivity index (χ3v) is 2.30. The molecule has 6 nitrogen and oxygen atoms in total. The fraction of sp³-hybridized carbons (Fsp3) is 0.600. The highest BCUT2D eigenvalue weighted by Crippen LogP contribution is 2.14. The Hall–Kier alpha value is -0.980. The minimum Gasteiger partial charge on any atom is -0.390 e. The Bertz CT molecular complexity index is 287. The third kappa shape index (κ3) is 1.60. The molecule has 0 bridgehead atoms. The Balaban J connectivity index is 2.98. The second-order valence-electron chi connectivity index (χ2n) is 2.27. The minimum atomic E-state index is -0.549. The Labute approximate surface area is 76.9 Å². The first-order chi connectivity index (χ1) is 5.66. The predicted octanol–water partition coefficient (Wildman–Crippen LogP) is 1.14. The normalized spacial score (nSPS) is 12.8. The summed E-state index contributed by atoms with van der Waals surface area (Å²) in [6, 6.07) is -0.0621. The lowest BCUT2D eigenvalue weighted by Crippen LogP contribution is -2.11. The van der Waals surface area contributed by atoms with E-state index in [1.807, 2.05) is 6.92 Å². The van der Waals surface area contributed by atoms with E-state index in [-0.39, 0.29) is 12.0 Å². The number of nitrogens with zero attached hydrogens (tertiary/aromatic N) is 4. The van der Waals surface area contributed by atoms with Crippen LogP contribution in [0.3, 0.4) is 0 Å². The second kappa shape index (κ2) is 3.61. The molecule has 12 heavy (non-hydrogen) atoms. The molecule has 1 atom stereocenters. The van der Waals surface area contributed by atoms with Gasteiger partial charge in [0.1, 0.15) is 6.04 Å². The molecule has 1 rings (SSSR count). The monoisotopic (exact) mass is 234 g/mol. The zero-order chi connectivity index (χ0) is 9.14. The van der Waals surface area contributed by atoms with E-state index in [1.54, 1.807) is 0 Å². The van der Waals surface area contributed by atoms with Gasteiger partial charge in [0.15, 0.2) is 0 Å². The first-order valence-corrected chi connectivity index (χ1v) is 4.38. The van der Waals surface area contributed by atoms with Crippen molar-refractivity contribution >= 4 is 21.9 Å². The van der Waals surface area contributed by atoms with Crippen LogP contribution in [0.4, 0.5) is 5.95 Å². The van der Waals surface area contributed by atoms with E-state index in [4.69, 9.17) is 0 Å². The number of aromatic nitrogens is 3. The number of halogens is 1. The van der Waals surface area contributed by atoms with E-state index >= 15 is 0 Å². The number of rotatable bonds is 3. The van der Waals surface area contributed by atoms with Crippen LogP contribution in [-0.2, 0) is 0 Å². The van der Waals surface area contributed by atoms with Gasteiger partial charge in [0.25, 0.3) is 0 Å². The minimum absolute atomic E-state index is 0.0621. The molecule has 0 aliphatic rings. The van der Waals surface area contributed by atoms with Crippen LogP contribution in [0.15, 0.2) is 6.33 Å². The van der Waals surface area contributed by atoms with Gasteiger partial charge >= 0.3 is 5.95 Å². The smallest absolute Gasteiger partial charge is 0.390 e. The standard InChI is InChI=1S/C5H7BrN4O2/c1-4(2-6)9-5(10(11)12)7-3-8-9/h3-4H,2H2,1H3. The van der Waals surface area contributed by atoms with Gasteiger partial charge < -0.3 is 10.1 Å². The van der Waals surface area contributed by atoms with Gasteiger partial charge in [-0.05, 0) is 11.8 Å². The molecule has 1 unspecified atom stereocenters. The van der Waals surface area contributed by atoms with E-state index in [1.165, 1.54) is 11.0 Å². The highest BCUT2D eigenvalue weighted by molar-refractivity contribution is 9.09. The van der Waals surface area contributed by atoms with Crippen molar-refractivity contribution in [2.75, 3.05) is 5.33 Å². The zero-order valence-electron chi connectivity index (χ0n) is 6.35. The van der Waals surface area contributed by atoms with E-state index < -0.39 is 4.92 Å². The summed E-state index contributed by atoms with van der Waals surface area (Å²) >= 11 is 3.21. The van der Waals surface area contributed by atoms with Crippen LogP contribution in [0.5, 0.6) is 0 Å². The molecule has 0 fully saturated rings. The quantitative estimate of drug-likeness (QED) is 0.447. The largest absolute Gasteiger partial charge is 0.455 e. The lowest BCUT2D eigenvalue weighted by molar-refractivity contribution is -0.397. The molecular formula is C5H7BrN4O2. The van der Waals surface area contributed by atoms with Crippen molar-refractivity contribution in [3.63, 3.8) is 0 Å². The van der Waals surface area contributed by atoms with Crippen molar-refractivity contribution in [1.82, 2.24) is 14.8 Å². The molecule has 0 saturated heterocycles. The van der Waals surface area contributed by atoms with Crippen molar-refractivity contribution in [3.05, 3.63) is 16.4 Å². The lowest BCUT2D eigenvalue weighted by Gasteiger charge is -2.03. The number of alkyl halides is 1. The van der Waals surface area contributed by atoms with E-state index in [2.05, 4.69) is 26.0 Å². The lowest BCUT2D eigenvalue weighted by atomic mass is 10.4. The first kappa shape index (κ1) is 9.11. The maximum absolute atomic E-state index is 10.4. The molecule has 66 valence electrons. The Kier molecular flexibility index (Phi) is 2.74. The maximum atomic E-state index is 10.4. The topological polar surface area (TPSA) is 73.8 Å². The highest BCUT2D eigenvalue weighted by atomic mass is 79.9.